The first-order valence-electron chi connectivity index (χ1n) is 38.9. The number of carbonyl (C=O) groups excluding carboxylic acids is 13. The molecule has 10 aromatic rings. The number of nitrogens with zero attached hydrogens (tertiary/aromatic N) is 8. The third-order valence-corrected chi connectivity index (χ3v) is 22.6. The zero-order valence-corrected chi connectivity index (χ0v) is 68.2. The molecule has 4 aromatic heterocycles. The highest BCUT2D eigenvalue weighted by molar-refractivity contribution is 7.21. The van der Waals surface area contributed by atoms with E-state index in [0.29, 0.717) is 126 Å². The van der Waals surface area contributed by atoms with E-state index in [-0.39, 0.29) is 132 Å². The number of hydroxylamine groups is 4. The minimum atomic E-state index is -0.995. The molecule has 124 heavy (non-hydrogen) atoms. The second-order valence-electron chi connectivity index (χ2n) is 28.9. The Labute approximate surface area is 715 Å². The van der Waals surface area contributed by atoms with Crippen molar-refractivity contribution in [3.8, 4) is 23.0 Å². The number of amides is 12. The number of fused-ring (bicyclic) bond motifs is 10. The standard InChI is InChI=1S/C43H39N7O10S.C39H36N6O8S.C4H5NO3.CH4/c1-48-23-27(46-37(51)8-5-15-59-34-21-30-29(20-33(34)58-2)43(57)49-28(22-45-30)17-24-6-3-4-7-31(24)49)19-32(48)41(55)47-26-9-10-35-25(16-26)18-36(61-35)42(56)44-14-13-40(54)60-50-38(52)11-12-39(50)53;1-44-21-25(17-30(44)37(49)43-24-9-10-33-23(14-24)16-34(54-33)38(50)40-12-11-36(47)48)42-35(46)8-5-13-53-32-19-28-27(18-31(32)52-2)39(51)45-26(20-41-28)15-22-6-3-4-7-29(22)45;6-3-1-2-4(7)5(3)8;/h3-4,6-7,9-10,16,18-23,28H,5,8,11-15,17H2,1-2H3,(H,44,56)(H,46,51)(H,47,55);3-4,6-7,9-10,14,16-21,26H,5,8,11-13,15H2,1-2H3,(H,40,50)(H,42,46)(H,43,49)(H,47,48);8H,1-2H2;1H4/t28-;26-;;/m00../s1. The van der Waals surface area contributed by atoms with Gasteiger partial charge in [0.05, 0.1) is 96.0 Å². The summed E-state index contributed by atoms with van der Waals surface area (Å²) in [7, 11) is 6.39. The van der Waals surface area contributed by atoms with Crippen LogP contribution in [0.3, 0.4) is 0 Å². The molecule has 2 saturated heterocycles. The highest BCUT2D eigenvalue weighted by Gasteiger charge is 2.39. The number of carboxylic acids is 1. The summed E-state index contributed by atoms with van der Waals surface area (Å²) in [6.07, 6.45) is 9.13. The zero-order chi connectivity index (χ0) is 86.9. The van der Waals surface area contributed by atoms with Crippen LogP contribution in [0.25, 0.3) is 20.2 Å². The lowest BCUT2D eigenvalue weighted by molar-refractivity contribution is -0.197. The molecule has 0 saturated carbocycles. The summed E-state index contributed by atoms with van der Waals surface area (Å²) in [5, 5.41) is 35.9. The lowest BCUT2D eigenvalue weighted by Crippen LogP contribution is -2.37. The maximum atomic E-state index is 13.7. The average molecular weight is 1730 g/mol. The van der Waals surface area contributed by atoms with E-state index >= 15 is 0 Å². The molecule has 10 heterocycles. The lowest BCUT2D eigenvalue weighted by atomic mass is 10.1. The van der Waals surface area contributed by atoms with Gasteiger partial charge in [-0.3, -0.25) is 87.3 Å². The molecule has 2 atom stereocenters. The average Bonchev–Trinajstić information content (AvgIpc) is 1.61. The van der Waals surface area contributed by atoms with E-state index in [1.54, 1.807) is 143 Å². The predicted molar refractivity (Wildman–Crippen MR) is 459 cm³/mol. The highest BCUT2D eigenvalue weighted by Crippen LogP contribution is 2.44. The quantitative estimate of drug-likeness (QED) is 0.0135. The van der Waals surface area contributed by atoms with Gasteiger partial charge < -0.3 is 69.9 Å². The minimum absolute atomic E-state index is 0. The molecule has 0 unspecified atom stereocenters. The Bertz CT molecular complexity index is 6010. The van der Waals surface area contributed by atoms with Crippen LogP contribution in [0.1, 0.15) is 144 Å². The number of benzene rings is 6. The van der Waals surface area contributed by atoms with Crippen LogP contribution in [-0.2, 0) is 70.1 Å². The van der Waals surface area contributed by atoms with Gasteiger partial charge in [-0.15, -0.1) is 27.7 Å². The van der Waals surface area contributed by atoms with Crippen molar-refractivity contribution in [1.82, 2.24) is 29.9 Å². The van der Waals surface area contributed by atoms with Gasteiger partial charge in [0, 0.05) is 148 Å². The van der Waals surface area contributed by atoms with E-state index < -0.39 is 53.3 Å². The van der Waals surface area contributed by atoms with Crippen LogP contribution in [-0.4, -0.2) is 177 Å². The first kappa shape index (κ1) is 87.1. The van der Waals surface area contributed by atoms with Crippen molar-refractivity contribution in [2.45, 2.75) is 96.6 Å². The van der Waals surface area contributed by atoms with Gasteiger partial charge in [-0.1, -0.05) is 43.8 Å². The van der Waals surface area contributed by atoms with Crippen LogP contribution in [0.4, 0.5) is 45.5 Å². The van der Waals surface area contributed by atoms with Gasteiger partial charge in [-0.05, 0) is 120 Å². The third kappa shape index (κ3) is 19.8. The number of aromatic nitrogens is 2. The largest absolute Gasteiger partial charge is 0.493 e. The van der Waals surface area contributed by atoms with Gasteiger partial charge in [0.2, 0.25) is 11.8 Å². The number of nitrogens with one attached hydrogen (secondary N) is 6. The van der Waals surface area contributed by atoms with Crippen LogP contribution in [0.15, 0.2) is 156 Å². The van der Waals surface area contributed by atoms with Crippen LogP contribution < -0.4 is 60.6 Å². The van der Waals surface area contributed by atoms with Gasteiger partial charge in [0.25, 0.3) is 59.1 Å². The normalized spacial score (nSPS) is 15.0. The summed E-state index contributed by atoms with van der Waals surface area (Å²) in [6, 6.07) is 38.9. The van der Waals surface area contributed by atoms with Gasteiger partial charge in [-0.2, -0.15) is 5.06 Å². The fraction of sp³-hybridized carbons (Fsp3) is 0.264. The third-order valence-electron chi connectivity index (χ3n) is 20.4. The molecule has 6 aliphatic rings. The van der Waals surface area contributed by atoms with Crippen molar-refractivity contribution >= 4 is 184 Å². The van der Waals surface area contributed by atoms with E-state index in [0.717, 1.165) is 37.3 Å². The number of carbonyl (C=O) groups is 14. The number of hydrogen-bond acceptors (Lipinski definition) is 24. The van der Waals surface area contributed by atoms with Crippen LogP contribution in [0.5, 0.6) is 23.0 Å². The summed E-state index contributed by atoms with van der Waals surface area (Å²) in [5.74, 6) is -4.85. The number of thiophene rings is 2. The molecular weight excluding hydrogens is 1640 g/mol. The van der Waals surface area contributed by atoms with Crippen molar-refractivity contribution < 1.29 is 101 Å². The van der Waals surface area contributed by atoms with Crippen molar-refractivity contribution in [3.05, 3.63) is 189 Å². The summed E-state index contributed by atoms with van der Waals surface area (Å²) in [6.45, 7) is 0.352. The summed E-state index contributed by atoms with van der Waals surface area (Å²) >= 11 is 2.49. The van der Waals surface area contributed by atoms with E-state index in [2.05, 4.69) is 41.9 Å². The smallest absolute Gasteiger partial charge is 0.334 e. The van der Waals surface area contributed by atoms with E-state index in [9.17, 15) is 67.1 Å². The number of aryl methyl sites for hydroxylation is 2. The number of methoxy groups -OCH3 is 2. The van der Waals surface area contributed by atoms with Crippen LogP contribution in [0.2, 0.25) is 0 Å². The summed E-state index contributed by atoms with van der Waals surface area (Å²) < 4.78 is 28.0. The second kappa shape index (κ2) is 38.3. The fourth-order valence-electron chi connectivity index (χ4n) is 14.3. The predicted octanol–water partition coefficient (Wildman–Crippen LogP) is 11.3. The molecule has 8 N–H and O–H groups in total. The molecule has 0 radical (unpaired) electrons. The molecule has 640 valence electrons. The summed E-state index contributed by atoms with van der Waals surface area (Å²) in [5.41, 5.74) is 8.24. The minimum Gasteiger partial charge on any atom is -0.493 e. The van der Waals surface area contributed by atoms with Gasteiger partial charge in [0.15, 0.2) is 23.0 Å². The lowest BCUT2D eigenvalue weighted by Gasteiger charge is -2.22. The maximum absolute atomic E-state index is 13.7. The van der Waals surface area contributed by atoms with E-state index in [1.165, 1.54) is 36.9 Å². The molecule has 2 fully saturated rings. The Kier molecular flexibility index (Phi) is 26.9. The molecular formula is C87H84N14O21S2. The highest BCUT2D eigenvalue weighted by atomic mass is 32.1. The zero-order valence-electron chi connectivity index (χ0n) is 66.5. The number of aliphatic carboxylic acids is 1. The molecule has 16 rings (SSSR count). The van der Waals surface area contributed by atoms with Gasteiger partial charge in [-0.25, -0.2) is 4.79 Å². The monoisotopic (exact) mass is 1720 g/mol. The van der Waals surface area contributed by atoms with Crippen molar-refractivity contribution in [2.75, 3.05) is 71.6 Å². The number of carboxylic acid groups (broad SMARTS) is 1. The number of hydrogen-bond donors (Lipinski definition) is 8. The van der Waals surface area contributed by atoms with E-state index in [4.69, 9.17) is 34.1 Å². The number of anilines is 6. The Balaban J connectivity index is 0.000000195. The Morgan fingerprint density at radius 2 is 0.911 bits per heavy atom. The maximum Gasteiger partial charge on any atom is 0.334 e. The van der Waals surface area contributed by atoms with Crippen LogP contribution in [0, 0.1) is 0 Å². The fourth-order valence-corrected chi connectivity index (χ4v) is 16.3. The van der Waals surface area contributed by atoms with Crippen molar-refractivity contribution in [1.29, 1.82) is 0 Å². The number of ether oxygens (including phenoxy) is 4. The number of aliphatic imine (C=N–C) groups is 2. The van der Waals surface area contributed by atoms with Crippen molar-refractivity contribution in [2.24, 2.45) is 24.1 Å². The molecule has 0 spiro atoms. The Hall–Kier alpha value is -14.7. The number of para-hydroxylation sites is 2. The Morgan fingerprint density at radius 3 is 1.33 bits per heavy atom. The molecule has 6 aromatic carbocycles. The second-order valence-corrected chi connectivity index (χ2v) is 31.0. The summed E-state index contributed by atoms with van der Waals surface area (Å²) in [4.78, 5) is 190. The first-order valence-corrected chi connectivity index (χ1v) is 40.5. The molecule has 6 aliphatic heterocycles. The van der Waals surface area contributed by atoms with E-state index in [1.807, 2.05) is 48.5 Å². The molecule has 0 aliphatic carbocycles. The molecule has 0 bridgehead atoms. The molecule has 12 amide bonds. The SMILES string of the molecule is C.COc1cc2c(cc1OCCCC(=O)Nc1cc(C(=O)Nc3ccc4sc(C(=O)NCCC(=O)O)cc4c3)n(C)c1)N=C[C@@H]1Cc3ccccc3N1C2=O.COc1cc2c(cc1OCCCC(=O)Nc1cc(C(=O)Nc3ccc4sc(C(=O)NCCC(=O)ON5C(=O)CCC5=O)cc4c3)n(C)c1)N=C[C@@H]1Cc3ccccc3N1C2=O.O=C1CCC(=O)N1O. The van der Waals surface area contributed by atoms with Gasteiger partial charge >= 0.3 is 11.9 Å². The number of imide groups is 2. The first-order chi connectivity index (χ1) is 59.2. The molecule has 35 nitrogen and oxygen atoms in total. The van der Waals surface area contributed by atoms with Gasteiger partial charge in [0.1, 0.15) is 11.4 Å². The Morgan fingerprint density at radius 1 is 0.484 bits per heavy atom. The van der Waals surface area contributed by atoms with Crippen LogP contribution >= 0.6 is 22.7 Å². The molecule has 37 heteroatoms. The van der Waals surface area contributed by atoms with Crippen molar-refractivity contribution in [3.63, 3.8) is 0 Å². The number of rotatable bonds is 27. The topological polar surface area (TPSA) is 445 Å².